The topological polar surface area (TPSA) is 158 Å². The maximum absolute atomic E-state index is 14.5. The van der Waals surface area contributed by atoms with E-state index in [1.54, 1.807) is 13.0 Å². The summed E-state index contributed by atoms with van der Waals surface area (Å²) in [6.07, 6.45) is 5.09. The Balaban J connectivity index is 1.32. The molecule has 0 aromatic heterocycles. The normalized spacial score (nSPS) is 45.6. The first-order chi connectivity index (χ1) is 25.2. The molecule has 0 amide bonds. The molecule has 0 radical (unpaired) electrons. The number of hydrogen-bond donors (Lipinski definition) is 3. The predicted molar refractivity (Wildman–Crippen MR) is 202 cm³/mol. The van der Waals surface area contributed by atoms with Crippen molar-refractivity contribution in [2.45, 2.75) is 193 Å². The minimum absolute atomic E-state index is 0.0120. The summed E-state index contributed by atoms with van der Waals surface area (Å²) in [5.74, 6) is -6.49. The molecular formula is C43H70O11. The second kappa shape index (κ2) is 16.3. The molecule has 4 saturated heterocycles. The molecule has 308 valence electrons. The number of hydrogen-bond acceptors (Lipinski definition) is 10. The van der Waals surface area contributed by atoms with Crippen LogP contribution in [0.4, 0.5) is 0 Å². The van der Waals surface area contributed by atoms with Gasteiger partial charge in [0.1, 0.15) is 5.78 Å². The average Bonchev–Trinajstić information content (AvgIpc) is 3.47. The number of aliphatic hydroxyl groups excluding tert-OH is 1. The fourth-order valence-electron chi connectivity index (χ4n) is 10.8. The summed E-state index contributed by atoms with van der Waals surface area (Å²) in [6, 6.07) is 0. The first-order valence-corrected chi connectivity index (χ1v) is 21.0. The van der Waals surface area contributed by atoms with Gasteiger partial charge in [-0.1, -0.05) is 62.3 Å². The molecule has 2 spiro atoms. The highest BCUT2D eigenvalue weighted by atomic mass is 16.8. The third-order valence-corrected chi connectivity index (χ3v) is 14.6. The Morgan fingerprint density at radius 1 is 0.870 bits per heavy atom. The van der Waals surface area contributed by atoms with Gasteiger partial charge < -0.3 is 39.0 Å². The van der Waals surface area contributed by atoms with Gasteiger partial charge in [0.2, 0.25) is 11.6 Å². The van der Waals surface area contributed by atoms with Crippen LogP contribution in [0.25, 0.3) is 0 Å². The van der Waals surface area contributed by atoms with E-state index in [-0.39, 0.29) is 47.4 Å². The highest BCUT2D eigenvalue weighted by Crippen LogP contribution is 2.53. The Kier molecular flexibility index (Phi) is 13.1. The standard InChI is InChI=1S/C43H70O11/c1-12-30(35(46)27(8)34(45)28(9)36-23(4)21-24(5)37(51-36)31(13-2)39(47)48)38-25(6)22-26(7)42(52-38)18-15-32(44)43(54-42)20-19-40(11,53-43)33-16-17-41(49,14-3)29(10)50-33/h15,18,23-31,33-34,36-38,45,49H,12-14,16-17,19-22H2,1-11H3,(H,47,48)/t23-,24-,25-,26+,27-,28-,29-,30-,31+,33+,34+,36+,37+,38-,40-,41+,42-,43-/m0/s1. The zero-order valence-electron chi connectivity index (χ0n) is 34.7. The molecule has 0 unspecified atom stereocenters. The molecule has 0 aromatic rings. The third kappa shape index (κ3) is 7.78. The van der Waals surface area contributed by atoms with E-state index >= 15 is 0 Å². The van der Waals surface area contributed by atoms with Crippen LogP contribution in [-0.4, -0.2) is 92.3 Å². The highest BCUT2D eigenvalue weighted by molar-refractivity contribution is 5.97. The van der Waals surface area contributed by atoms with E-state index in [0.29, 0.717) is 51.4 Å². The maximum Gasteiger partial charge on any atom is 0.309 e. The Morgan fingerprint density at radius 3 is 2.09 bits per heavy atom. The fourth-order valence-corrected chi connectivity index (χ4v) is 10.8. The van der Waals surface area contributed by atoms with E-state index in [1.807, 2.05) is 55.4 Å². The minimum Gasteiger partial charge on any atom is -0.481 e. The molecule has 5 rings (SSSR count). The lowest BCUT2D eigenvalue weighted by Crippen LogP contribution is -2.62. The summed E-state index contributed by atoms with van der Waals surface area (Å²) in [7, 11) is 0. The number of carboxylic acid groups (broad SMARTS) is 1. The number of aliphatic hydroxyl groups is 2. The van der Waals surface area contributed by atoms with Gasteiger partial charge in [-0.25, -0.2) is 0 Å². The van der Waals surface area contributed by atoms with Crippen molar-refractivity contribution in [2.75, 3.05) is 0 Å². The van der Waals surface area contributed by atoms with E-state index in [1.165, 1.54) is 6.08 Å². The minimum atomic E-state index is -1.57. The molecule has 0 aliphatic carbocycles. The zero-order valence-corrected chi connectivity index (χ0v) is 34.7. The van der Waals surface area contributed by atoms with Crippen molar-refractivity contribution >= 4 is 17.5 Å². The quantitative estimate of drug-likeness (QED) is 0.196. The van der Waals surface area contributed by atoms with E-state index in [4.69, 9.17) is 23.7 Å². The fraction of sp³-hybridized carbons (Fsp3) is 0.884. The largest absolute Gasteiger partial charge is 0.481 e. The number of carboxylic acids is 1. The molecule has 0 aromatic carbocycles. The molecule has 5 heterocycles. The lowest BCUT2D eigenvalue weighted by atomic mass is 9.72. The van der Waals surface area contributed by atoms with Crippen LogP contribution in [0.2, 0.25) is 0 Å². The summed E-state index contributed by atoms with van der Waals surface area (Å²) < 4.78 is 33.3. The number of Topliss-reactive ketones (excluding diaryl/α,β-unsaturated/α-hetero) is 1. The van der Waals surface area contributed by atoms with Crippen molar-refractivity contribution in [3.63, 3.8) is 0 Å². The van der Waals surface area contributed by atoms with Gasteiger partial charge in [0.15, 0.2) is 5.79 Å². The lowest BCUT2D eigenvalue weighted by Gasteiger charge is -2.53. The molecule has 18 atom stereocenters. The molecule has 5 aliphatic heterocycles. The average molecular weight is 763 g/mol. The number of carbonyl (C=O) groups excluding carboxylic acids is 2. The van der Waals surface area contributed by atoms with Crippen LogP contribution in [0.3, 0.4) is 0 Å². The van der Waals surface area contributed by atoms with E-state index in [0.717, 1.165) is 6.42 Å². The van der Waals surface area contributed by atoms with Crippen LogP contribution in [0, 0.1) is 47.3 Å². The van der Waals surface area contributed by atoms with Gasteiger partial charge in [-0.2, -0.15) is 0 Å². The molecule has 0 bridgehead atoms. The van der Waals surface area contributed by atoms with E-state index in [9.17, 15) is 29.7 Å². The predicted octanol–water partition coefficient (Wildman–Crippen LogP) is 6.64. The van der Waals surface area contributed by atoms with Gasteiger partial charge in [-0.05, 0) is 95.1 Å². The summed E-state index contributed by atoms with van der Waals surface area (Å²) in [5, 5.41) is 32.7. The van der Waals surface area contributed by atoms with Gasteiger partial charge in [0.25, 0.3) is 0 Å². The van der Waals surface area contributed by atoms with Crippen LogP contribution in [0.15, 0.2) is 12.2 Å². The molecular weight excluding hydrogens is 692 g/mol. The van der Waals surface area contributed by atoms with Crippen LogP contribution >= 0.6 is 0 Å². The summed E-state index contributed by atoms with van der Waals surface area (Å²) >= 11 is 0. The highest BCUT2D eigenvalue weighted by Gasteiger charge is 2.63. The molecule has 11 heteroatoms. The number of carbonyl (C=O) groups is 3. The van der Waals surface area contributed by atoms with Gasteiger partial charge >= 0.3 is 5.97 Å². The maximum atomic E-state index is 14.5. The zero-order chi connectivity index (χ0) is 40.1. The molecule has 0 saturated carbocycles. The second-order valence-corrected chi connectivity index (χ2v) is 18.3. The molecule has 54 heavy (non-hydrogen) atoms. The second-order valence-electron chi connectivity index (χ2n) is 18.3. The van der Waals surface area contributed by atoms with Crippen LogP contribution < -0.4 is 0 Å². The van der Waals surface area contributed by atoms with Gasteiger partial charge in [-0.15, -0.1) is 0 Å². The summed E-state index contributed by atoms with van der Waals surface area (Å²) in [5.41, 5.74) is -1.71. The number of ketones is 2. The van der Waals surface area contributed by atoms with Crippen molar-refractivity contribution in [3.8, 4) is 0 Å². The first kappa shape index (κ1) is 43.4. The smallest absolute Gasteiger partial charge is 0.309 e. The van der Waals surface area contributed by atoms with Crippen LogP contribution in [0.5, 0.6) is 0 Å². The van der Waals surface area contributed by atoms with E-state index in [2.05, 4.69) is 13.8 Å². The van der Waals surface area contributed by atoms with Crippen LogP contribution in [-0.2, 0) is 38.1 Å². The first-order valence-electron chi connectivity index (χ1n) is 21.0. The summed E-state index contributed by atoms with van der Waals surface area (Å²) in [6.45, 7) is 21.5. The monoisotopic (exact) mass is 762 g/mol. The van der Waals surface area contributed by atoms with Crippen LogP contribution in [0.1, 0.15) is 134 Å². The number of aliphatic carboxylic acids is 1. The van der Waals surface area contributed by atoms with E-state index < -0.39 is 76.8 Å². The third-order valence-electron chi connectivity index (χ3n) is 14.6. The SMILES string of the molecule is CC[C@@H](C(=O)O)[C@@H]1O[C@@H]([C@@H](C)[C@H](O)[C@H](C)C(=O)[C@H](CC)[C@H]2O[C@]3(C=CC(=O)[C@]4(CC[C@@](C)([C@H]5CC[C@](O)(CC)[C@H](C)O5)O4)O3)[C@H](C)C[C@@H]2C)[C@@H](C)C[C@@H]1C. The Labute approximate surface area is 323 Å². The van der Waals surface area contributed by atoms with Gasteiger partial charge in [-0.3, -0.25) is 14.4 Å². The molecule has 3 N–H and O–H groups in total. The molecule has 11 nitrogen and oxygen atoms in total. The van der Waals surface area contributed by atoms with Crippen molar-refractivity contribution in [3.05, 3.63) is 12.2 Å². The van der Waals surface area contributed by atoms with Crippen molar-refractivity contribution in [1.29, 1.82) is 0 Å². The van der Waals surface area contributed by atoms with Crippen molar-refractivity contribution in [2.24, 2.45) is 47.3 Å². The Hall–Kier alpha value is -1.73. The summed E-state index contributed by atoms with van der Waals surface area (Å²) in [4.78, 5) is 40.2. The lowest BCUT2D eigenvalue weighted by molar-refractivity contribution is -0.378. The van der Waals surface area contributed by atoms with Crippen molar-refractivity contribution < 1.29 is 53.4 Å². The Bertz CT molecular complexity index is 1400. The van der Waals surface area contributed by atoms with Gasteiger partial charge in [0, 0.05) is 30.1 Å². The number of rotatable bonds is 12. The molecule has 4 fully saturated rings. The van der Waals surface area contributed by atoms with Crippen molar-refractivity contribution in [1.82, 2.24) is 0 Å². The van der Waals surface area contributed by atoms with Gasteiger partial charge in [0.05, 0.1) is 53.7 Å². The Morgan fingerprint density at radius 2 is 1.50 bits per heavy atom. The molecule has 5 aliphatic rings. The number of ether oxygens (including phenoxy) is 5.